The fraction of sp³-hybridized carbons (Fsp3) is 0.294. The van der Waals surface area contributed by atoms with Crippen LogP contribution in [0.4, 0.5) is 5.69 Å². The topological polar surface area (TPSA) is 83.8 Å². The van der Waals surface area contributed by atoms with E-state index in [1.807, 2.05) is 0 Å². The van der Waals surface area contributed by atoms with E-state index in [1.165, 1.54) is 6.26 Å². The molecule has 2 aromatic rings. The fourth-order valence-corrected chi connectivity index (χ4v) is 2.41. The van der Waals surface area contributed by atoms with Crippen LogP contribution < -0.4 is 15.4 Å². The molecule has 8 heteroatoms. The van der Waals surface area contributed by atoms with E-state index in [9.17, 15) is 9.59 Å². The summed E-state index contributed by atoms with van der Waals surface area (Å²) in [4.78, 5) is 25.8. The van der Waals surface area contributed by atoms with Crippen molar-refractivity contribution in [1.82, 2.24) is 10.2 Å². The van der Waals surface area contributed by atoms with E-state index in [1.54, 1.807) is 41.3 Å². The lowest BCUT2D eigenvalue weighted by atomic mass is 10.3. The lowest BCUT2D eigenvalue weighted by Crippen LogP contribution is -2.47. The molecule has 2 heterocycles. The molecule has 0 atom stereocenters. The number of furan rings is 1. The maximum atomic E-state index is 12.1. The number of hydrogen-bond acceptors (Lipinski definition) is 5. The third-order valence-electron chi connectivity index (χ3n) is 3.67. The van der Waals surface area contributed by atoms with Crippen LogP contribution in [-0.2, 0) is 4.79 Å². The number of carbonyl (C=O) groups is 2. The zero-order chi connectivity index (χ0) is 16.8. The molecular formula is C17H20ClN3O4. The number of anilines is 1. The van der Waals surface area contributed by atoms with Crippen LogP contribution in [0.1, 0.15) is 10.6 Å². The molecule has 0 unspecified atom stereocenters. The molecule has 0 aliphatic carbocycles. The van der Waals surface area contributed by atoms with Gasteiger partial charge in [0.05, 0.1) is 6.26 Å². The van der Waals surface area contributed by atoms with Crippen LogP contribution in [0.5, 0.6) is 5.75 Å². The molecule has 2 amide bonds. The maximum Gasteiger partial charge on any atom is 0.291 e. The van der Waals surface area contributed by atoms with E-state index in [0.29, 0.717) is 24.5 Å². The Morgan fingerprint density at radius 2 is 2.00 bits per heavy atom. The smallest absolute Gasteiger partial charge is 0.291 e. The van der Waals surface area contributed by atoms with Crippen LogP contribution in [0.25, 0.3) is 0 Å². The van der Waals surface area contributed by atoms with Crippen molar-refractivity contribution < 1.29 is 18.7 Å². The number of halogens is 1. The molecule has 1 aliphatic heterocycles. The number of piperazine rings is 1. The summed E-state index contributed by atoms with van der Waals surface area (Å²) >= 11 is 0. The normalized spacial score (nSPS) is 13.7. The van der Waals surface area contributed by atoms with E-state index in [4.69, 9.17) is 9.15 Å². The number of carbonyl (C=O) groups excluding carboxylic acids is 2. The minimum atomic E-state index is -0.339. The van der Waals surface area contributed by atoms with Gasteiger partial charge in [-0.1, -0.05) is 6.07 Å². The van der Waals surface area contributed by atoms with E-state index in [0.717, 1.165) is 13.1 Å². The second-order valence-electron chi connectivity index (χ2n) is 5.38. The Morgan fingerprint density at radius 3 is 2.72 bits per heavy atom. The van der Waals surface area contributed by atoms with Crippen molar-refractivity contribution in [2.45, 2.75) is 0 Å². The number of benzene rings is 1. The Labute approximate surface area is 151 Å². The average molecular weight is 366 g/mol. The highest BCUT2D eigenvalue weighted by Crippen LogP contribution is 2.18. The molecule has 1 saturated heterocycles. The first-order valence-electron chi connectivity index (χ1n) is 7.78. The van der Waals surface area contributed by atoms with Crippen LogP contribution in [-0.4, -0.2) is 49.5 Å². The molecule has 0 radical (unpaired) electrons. The van der Waals surface area contributed by atoms with Gasteiger partial charge < -0.3 is 24.7 Å². The first-order valence-corrected chi connectivity index (χ1v) is 7.78. The van der Waals surface area contributed by atoms with Gasteiger partial charge in [0.25, 0.3) is 11.8 Å². The van der Waals surface area contributed by atoms with Gasteiger partial charge in [0.1, 0.15) is 5.75 Å². The molecule has 7 nitrogen and oxygen atoms in total. The van der Waals surface area contributed by atoms with Gasteiger partial charge in [-0.3, -0.25) is 9.59 Å². The van der Waals surface area contributed by atoms with E-state index in [2.05, 4.69) is 10.6 Å². The quantitative estimate of drug-likeness (QED) is 0.843. The molecular weight excluding hydrogens is 346 g/mol. The summed E-state index contributed by atoms with van der Waals surface area (Å²) in [6, 6.07) is 10.1. The molecule has 0 spiro atoms. The molecule has 1 aromatic heterocycles. The monoisotopic (exact) mass is 365 g/mol. The lowest BCUT2D eigenvalue weighted by molar-refractivity contribution is -0.133. The van der Waals surface area contributed by atoms with E-state index >= 15 is 0 Å². The fourth-order valence-electron chi connectivity index (χ4n) is 2.41. The third kappa shape index (κ3) is 5.23. The van der Waals surface area contributed by atoms with Gasteiger partial charge in [-0.2, -0.15) is 0 Å². The van der Waals surface area contributed by atoms with Crippen molar-refractivity contribution in [3.8, 4) is 5.75 Å². The van der Waals surface area contributed by atoms with Crippen molar-refractivity contribution in [3.63, 3.8) is 0 Å². The molecule has 2 N–H and O–H groups in total. The second kappa shape index (κ2) is 9.10. The van der Waals surface area contributed by atoms with Gasteiger partial charge in [-0.05, 0) is 24.3 Å². The van der Waals surface area contributed by atoms with Crippen molar-refractivity contribution in [3.05, 3.63) is 48.4 Å². The summed E-state index contributed by atoms with van der Waals surface area (Å²) in [6.07, 6.45) is 1.44. The Kier molecular flexibility index (Phi) is 6.85. The van der Waals surface area contributed by atoms with Crippen LogP contribution in [0, 0.1) is 0 Å². The Morgan fingerprint density at radius 1 is 1.20 bits per heavy atom. The largest absolute Gasteiger partial charge is 0.484 e. The molecule has 1 aliphatic rings. The molecule has 3 rings (SSSR count). The molecule has 25 heavy (non-hydrogen) atoms. The van der Waals surface area contributed by atoms with Gasteiger partial charge >= 0.3 is 0 Å². The number of hydrogen-bond donors (Lipinski definition) is 2. The van der Waals surface area contributed by atoms with Gasteiger partial charge in [0.2, 0.25) is 0 Å². The Bertz CT molecular complexity index is 700. The van der Waals surface area contributed by atoms with Gasteiger partial charge in [0, 0.05) is 37.9 Å². The Balaban J connectivity index is 0.00000225. The number of nitrogens with one attached hydrogen (secondary N) is 2. The van der Waals surface area contributed by atoms with E-state index in [-0.39, 0.29) is 36.6 Å². The summed E-state index contributed by atoms with van der Waals surface area (Å²) in [5.41, 5.74) is 0.573. The molecule has 134 valence electrons. The van der Waals surface area contributed by atoms with Crippen LogP contribution in [0.15, 0.2) is 47.1 Å². The predicted molar refractivity (Wildman–Crippen MR) is 95.3 cm³/mol. The second-order valence-corrected chi connectivity index (χ2v) is 5.38. The summed E-state index contributed by atoms with van der Waals surface area (Å²) in [5, 5.41) is 5.92. The van der Waals surface area contributed by atoms with Gasteiger partial charge in [0.15, 0.2) is 12.4 Å². The molecule has 1 fully saturated rings. The zero-order valence-corrected chi connectivity index (χ0v) is 14.4. The summed E-state index contributed by atoms with van der Waals surface area (Å²) in [6.45, 7) is 2.98. The highest BCUT2D eigenvalue weighted by Gasteiger charge is 2.16. The summed E-state index contributed by atoms with van der Waals surface area (Å²) in [5.74, 6) is 0.376. The number of amides is 2. The van der Waals surface area contributed by atoms with Crippen LogP contribution in [0.3, 0.4) is 0 Å². The van der Waals surface area contributed by atoms with Crippen LogP contribution in [0.2, 0.25) is 0 Å². The molecule has 0 saturated carbocycles. The summed E-state index contributed by atoms with van der Waals surface area (Å²) < 4.78 is 10.6. The number of rotatable bonds is 5. The Hall–Kier alpha value is -2.51. The molecule has 0 bridgehead atoms. The minimum absolute atomic E-state index is 0. The zero-order valence-electron chi connectivity index (χ0n) is 13.6. The standard InChI is InChI=1S/C17H19N3O4.ClH/c21-16(20-8-6-18-7-9-20)12-24-14-4-1-3-13(11-14)19-17(22)15-5-2-10-23-15;/h1-5,10-11,18H,6-9,12H2,(H,19,22);1H. The minimum Gasteiger partial charge on any atom is -0.484 e. The van der Waals surface area contributed by atoms with Crippen LogP contribution >= 0.6 is 12.4 Å². The van der Waals surface area contributed by atoms with Gasteiger partial charge in [-0.15, -0.1) is 12.4 Å². The van der Waals surface area contributed by atoms with E-state index < -0.39 is 0 Å². The SMILES string of the molecule is Cl.O=C(Nc1cccc(OCC(=O)N2CCNCC2)c1)c1ccco1. The highest BCUT2D eigenvalue weighted by atomic mass is 35.5. The number of ether oxygens (including phenoxy) is 1. The highest BCUT2D eigenvalue weighted by molar-refractivity contribution is 6.02. The average Bonchev–Trinajstić information content (AvgIpc) is 3.15. The first kappa shape index (κ1) is 18.8. The van der Waals surface area contributed by atoms with Gasteiger partial charge in [-0.25, -0.2) is 0 Å². The van der Waals surface area contributed by atoms with Crippen molar-refractivity contribution in [2.24, 2.45) is 0 Å². The maximum absolute atomic E-state index is 12.1. The first-order chi connectivity index (χ1) is 11.7. The lowest BCUT2D eigenvalue weighted by Gasteiger charge is -2.27. The van der Waals surface area contributed by atoms with Crippen molar-refractivity contribution in [1.29, 1.82) is 0 Å². The third-order valence-corrected chi connectivity index (χ3v) is 3.67. The van der Waals surface area contributed by atoms with Crippen molar-refractivity contribution in [2.75, 3.05) is 38.1 Å². The summed E-state index contributed by atoms with van der Waals surface area (Å²) in [7, 11) is 0. The molecule has 1 aromatic carbocycles. The number of nitrogens with zero attached hydrogens (tertiary/aromatic N) is 1. The predicted octanol–water partition coefficient (Wildman–Crippen LogP) is 1.76. The van der Waals surface area contributed by atoms with Crippen molar-refractivity contribution >= 4 is 29.9 Å².